The van der Waals surface area contributed by atoms with Crippen molar-refractivity contribution in [1.29, 1.82) is 5.26 Å². The average molecular weight is 313 g/mol. The number of hydrogen-bond acceptors (Lipinski definition) is 3. The second kappa shape index (κ2) is 4.47. The highest BCUT2D eigenvalue weighted by Crippen LogP contribution is 2.67. The van der Waals surface area contributed by atoms with Crippen molar-refractivity contribution in [3.8, 4) is 6.07 Å². The molecular weight excluding hydrogens is 296 g/mol. The summed E-state index contributed by atoms with van der Waals surface area (Å²) in [6.45, 7) is 4.16. The summed E-state index contributed by atoms with van der Waals surface area (Å²) in [4.78, 5) is 0. The van der Waals surface area contributed by atoms with E-state index >= 15 is 0 Å². The Morgan fingerprint density at radius 2 is 2.09 bits per heavy atom. The predicted molar refractivity (Wildman–Crippen MR) is 81.5 cm³/mol. The monoisotopic (exact) mass is 313 g/mol. The van der Waals surface area contributed by atoms with Crippen LogP contribution in [0.2, 0.25) is 0 Å². The fourth-order valence-electron chi connectivity index (χ4n) is 4.63. The Morgan fingerprint density at radius 3 is 2.78 bits per heavy atom. The summed E-state index contributed by atoms with van der Waals surface area (Å²) in [7, 11) is 0. The Morgan fingerprint density at radius 1 is 1.30 bits per heavy atom. The van der Waals surface area contributed by atoms with E-state index in [0.717, 1.165) is 18.4 Å². The lowest BCUT2D eigenvalue weighted by molar-refractivity contribution is 0.263. The molecule has 23 heavy (non-hydrogen) atoms. The zero-order valence-corrected chi connectivity index (χ0v) is 13.2. The summed E-state index contributed by atoms with van der Waals surface area (Å²) in [5.41, 5.74) is 0.944. The Bertz CT molecular complexity index is 816. The first-order valence-corrected chi connectivity index (χ1v) is 7.97. The molecule has 0 aliphatic heterocycles. The summed E-state index contributed by atoms with van der Waals surface area (Å²) in [6.07, 6.45) is 3.62. The van der Waals surface area contributed by atoms with Gasteiger partial charge >= 0.3 is 0 Å². The highest BCUT2D eigenvalue weighted by Gasteiger charge is 2.64. The smallest absolute Gasteiger partial charge is 0.131 e. The number of allylic oxidation sites excluding steroid dienone is 4. The summed E-state index contributed by atoms with van der Waals surface area (Å²) in [6, 6.07) is 4.21. The number of nitriles is 1. The Balaban J connectivity index is 1.89. The number of rotatable bonds is 1. The third kappa shape index (κ3) is 1.61. The number of fused-ring (bicyclic) bond motifs is 5. The molecule has 1 aromatic heterocycles. The molecule has 0 spiro atoms. The normalized spacial score (nSPS) is 30.9. The van der Waals surface area contributed by atoms with Gasteiger partial charge in [0.2, 0.25) is 0 Å². The van der Waals surface area contributed by atoms with Crippen LogP contribution in [0.5, 0.6) is 0 Å². The molecule has 3 aliphatic rings. The van der Waals surface area contributed by atoms with E-state index in [1.54, 1.807) is 6.07 Å². The minimum Gasteiger partial charge on any atom is -0.211 e. The van der Waals surface area contributed by atoms with Crippen LogP contribution in [-0.4, -0.2) is 10.2 Å². The molecule has 4 rings (SSSR count). The maximum Gasteiger partial charge on any atom is 0.131 e. The third-order valence-electron chi connectivity index (χ3n) is 6.03. The second-order valence-corrected chi connectivity index (χ2v) is 7.23. The molecule has 0 saturated heterocycles. The molecule has 1 aromatic rings. The zero-order chi connectivity index (χ0) is 16.4. The molecule has 1 fully saturated rings. The molecular formula is C18H17F2N3. The molecule has 1 saturated carbocycles. The summed E-state index contributed by atoms with van der Waals surface area (Å²) >= 11 is 0. The minimum absolute atomic E-state index is 0.0712. The molecule has 0 aromatic carbocycles. The van der Waals surface area contributed by atoms with Crippen LogP contribution >= 0.6 is 0 Å². The molecule has 0 amide bonds. The fraction of sp³-hybridized carbons (Fsp3) is 0.500. The van der Waals surface area contributed by atoms with Crippen molar-refractivity contribution in [2.45, 2.75) is 50.9 Å². The van der Waals surface area contributed by atoms with Gasteiger partial charge in [0.25, 0.3) is 0 Å². The predicted octanol–water partition coefficient (Wildman–Crippen LogP) is 4.48. The number of nitrogens with zero attached hydrogens (tertiary/aromatic N) is 3. The van der Waals surface area contributed by atoms with Crippen molar-refractivity contribution in [2.75, 3.05) is 0 Å². The molecule has 0 unspecified atom stereocenters. The topological polar surface area (TPSA) is 49.6 Å². The first-order chi connectivity index (χ1) is 10.9. The fourth-order valence-corrected chi connectivity index (χ4v) is 4.63. The van der Waals surface area contributed by atoms with Gasteiger partial charge in [0.1, 0.15) is 17.1 Å². The van der Waals surface area contributed by atoms with Crippen LogP contribution in [0, 0.1) is 16.7 Å². The van der Waals surface area contributed by atoms with Crippen molar-refractivity contribution in [3.63, 3.8) is 0 Å². The molecule has 1 heterocycles. The lowest BCUT2D eigenvalue weighted by atomic mass is 9.69. The summed E-state index contributed by atoms with van der Waals surface area (Å²) < 4.78 is 28.2. The van der Waals surface area contributed by atoms with Gasteiger partial charge in [-0.1, -0.05) is 13.8 Å². The zero-order valence-electron chi connectivity index (χ0n) is 13.2. The first kappa shape index (κ1) is 14.5. The van der Waals surface area contributed by atoms with Gasteiger partial charge in [-0.25, -0.2) is 8.78 Å². The van der Waals surface area contributed by atoms with Crippen molar-refractivity contribution >= 4 is 5.57 Å². The van der Waals surface area contributed by atoms with Gasteiger partial charge in [-0.05, 0) is 48.3 Å². The van der Waals surface area contributed by atoms with Crippen molar-refractivity contribution in [1.82, 2.24) is 10.2 Å². The van der Waals surface area contributed by atoms with Crippen molar-refractivity contribution in [3.05, 3.63) is 40.7 Å². The van der Waals surface area contributed by atoms with E-state index in [-0.39, 0.29) is 29.0 Å². The van der Waals surface area contributed by atoms with Crippen LogP contribution in [0.25, 0.3) is 5.57 Å². The van der Waals surface area contributed by atoms with Crippen LogP contribution in [0.15, 0.2) is 23.8 Å². The van der Waals surface area contributed by atoms with Gasteiger partial charge in [-0.3, -0.25) is 0 Å². The molecule has 3 nitrogen and oxygen atoms in total. The lowest BCUT2D eigenvalue weighted by Crippen LogP contribution is -2.34. The highest BCUT2D eigenvalue weighted by molar-refractivity contribution is 5.78. The van der Waals surface area contributed by atoms with Gasteiger partial charge in [0, 0.05) is 6.42 Å². The van der Waals surface area contributed by atoms with Crippen LogP contribution in [0.4, 0.5) is 8.78 Å². The van der Waals surface area contributed by atoms with E-state index in [9.17, 15) is 14.0 Å². The summed E-state index contributed by atoms with van der Waals surface area (Å²) in [5.74, 6) is -0.859. The van der Waals surface area contributed by atoms with Crippen LogP contribution in [-0.2, 0) is 5.41 Å². The van der Waals surface area contributed by atoms with E-state index in [1.807, 2.05) is 0 Å². The Kier molecular flexibility index (Phi) is 2.82. The van der Waals surface area contributed by atoms with Gasteiger partial charge in [0.05, 0.1) is 23.0 Å². The van der Waals surface area contributed by atoms with Crippen molar-refractivity contribution in [2.24, 2.45) is 5.41 Å². The maximum absolute atomic E-state index is 14.1. The maximum atomic E-state index is 14.1. The van der Waals surface area contributed by atoms with Crippen LogP contribution in [0.1, 0.15) is 62.4 Å². The average Bonchev–Trinajstić information content (AvgIpc) is 2.88. The van der Waals surface area contributed by atoms with Crippen LogP contribution in [0.3, 0.4) is 0 Å². The van der Waals surface area contributed by atoms with E-state index in [0.29, 0.717) is 12.1 Å². The van der Waals surface area contributed by atoms with Gasteiger partial charge in [-0.15, -0.1) is 5.10 Å². The second-order valence-electron chi connectivity index (χ2n) is 7.23. The van der Waals surface area contributed by atoms with Gasteiger partial charge in [0.15, 0.2) is 0 Å². The van der Waals surface area contributed by atoms with E-state index in [2.05, 4.69) is 30.1 Å². The highest BCUT2D eigenvalue weighted by atomic mass is 19.1. The number of aromatic nitrogens is 2. The van der Waals surface area contributed by atoms with Gasteiger partial charge in [-0.2, -0.15) is 10.4 Å². The van der Waals surface area contributed by atoms with E-state index in [1.165, 1.54) is 6.08 Å². The van der Waals surface area contributed by atoms with Gasteiger partial charge < -0.3 is 0 Å². The lowest BCUT2D eigenvalue weighted by Gasteiger charge is -2.30. The third-order valence-corrected chi connectivity index (χ3v) is 6.03. The molecule has 3 aliphatic carbocycles. The largest absolute Gasteiger partial charge is 0.211 e. The molecule has 2 atom stereocenters. The van der Waals surface area contributed by atoms with E-state index in [4.69, 9.17) is 0 Å². The molecule has 118 valence electrons. The number of halogens is 2. The van der Waals surface area contributed by atoms with Crippen molar-refractivity contribution < 1.29 is 8.78 Å². The number of hydrogen-bond donors (Lipinski definition) is 0. The Hall–Kier alpha value is -2.09. The standard InChI is InChI=1S/C18H17F2N3/c1-17(2)11-6-7-18(17,9-21)16-10(11)8-14(22-23-16)15-12(19)4-3-5-13(15)20/h4,8,11H,3,5-7H2,1-2H3/t11-,18-/m0/s1. The molecule has 2 bridgehead atoms. The minimum atomic E-state index is -0.633. The SMILES string of the molecule is CC1(C)[C@H]2CC[C@]1(C#N)c1nnc(C3=C(F)CCC=C3F)cc12. The Labute approximate surface area is 133 Å². The molecule has 0 N–H and O–H groups in total. The summed E-state index contributed by atoms with van der Waals surface area (Å²) in [5, 5.41) is 18.1. The quantitative estimate of drug-likeness (QED) is 0.768. The first-order valence-electron chi connectivity index (χ1n) is 7.97. The van der Waals surface area contributed by atoms with E-state index < -0.39 is 17.1 Å². The molecule has 5 heteroatoms. The molecule has 0 radical (unpaired) electrons. The van der Waals surface area contributed by atoms with Crippen LogP contribution < -0.4 is 0 Å².